The summed E-state index contributed by atoms with van der Waals surface area (Å²) in [6.07, 6.45) is 2.15. The zero-order chi connectivity index (χ0) is 7.98. The summed E-state index contributed by atoms with van der Waals surface area (Å²) in [5, 5.41) is 10.1. The van der Waals surface area contributed by atoms with E-state index in [1.807, 2.05) is 0 Å². The van der Waals surface area contributed by atoms with E-state index in [1.165, 1.54) is 0 Å². The van der Waals surface area contributed by atoms with E-state index in [-0.39, 0.29) is 4.05 Å². The molecule has 1 atom stereocenters. The van der Waals surface area contributed by atoms with Crippen molar-refractivity contribution in [1.82, 2.24) is 10.4 Å². The number of hydrogen-bond acceptors (Lipinski definition) is 3. The van der Waals surface area contributed by atoms with Crippen LogP contribution in [-0.4, -0.2) is 16.1 Å². The van der Waals surface area contributed by atoms with Crippen LogP contribution in [-0.2, 0) is 0 Å². The molecule has 3 nitrogen and oxygen atoms in total. The molecule has 0 fully saturated rings. The minimum atomic E-state index is 0.157. The van der Waals surface area contributed by atoms with Gasteiger partial charge in [-0.25, -0.2) is 5.43 Å². The van der Waals surface area contributed by atoms with Crippen molar-refractivity contribution in [2.75, 3.05) is 7.05 Å². The van der Waals surface area contributed by atoms with Gasteiger partial charge >= 0.3 is 0 Å². The van der Waals surface area contributed by atoms with Crippen molar-refractivity contribution in [1.29, 1.82) is 5.26 Å². The lowest BCUT2D eigenvalue weighted by molar-refractivity contribution is 0.293. The molecule has 0 amide bonds. The lowest BCUT2D eigenvalue weighted by Crippen LogP contribution is -2.35. The van der Waals surface area contributed by atoms with Gasteiger partial charge in [-0.3, -0.25) is 0 Å². The highest BCUT2D eigenvalue weighted by atomic mass is 127. The quantitative estimate of drug-likeness (QED) is 0.353. The average Bonchev–Trinajstić information content (AvgIpc) is 1.91. The first-order valence-electron chi connectivity index (χ1n) is 2.85. The number of hydrogen-bond donors (Lipinski definition) is 1. The Hall–Kier alpha value is -0.280. The highest BCUT2D eigenvalue weighted by Crippen LogP contribution is 2.08. The van der Waals surface area contributed by atoms with E-state index in [2.05, 4.69) is 40.7 Å². The first-order chi connectivity index (χ1) is 4.76. The van der Waals surface area contributed by atoms with Gasteiger partial charge in [0.15, 0.2) is 0 Å². The molecule has 56 valence electrons. The summed E-state index contributed by atoms with van der Waals surface area (Å²) in [4.78, 5) is 0. The van der Waals surface area contributed by atoms with Gasteiger partial charge in [0.25, 0.3) is 0 Å². The molecule has 0 heterocycles. The van der Waals surface area contributed by atoms with Gasteiger partial charge < -0.3 is 5.01 Å². The van der Waals surface area contributed by atoms with Gasteiger partial charge in [-0.05, 0) is 0 Å². The van der Waals surface area contributed by atoms with Gasteiger partial charge in [-0.15, -0.1) is 0 Å². The molecule has 1 unspecified atom stereocenters. The fraction of sp³-hybridized carbons (Fsp3) is 0.500. The van der Waals surface area contributed by atoms with Crippen LogP contribution in [0.4, 0.5) is 0 Å². The number of nitriles is 1. The number of hydrazine groups is 1. The summed E-state index contributed by atoms with van der Waals surface area (Å²) in [5.74, 6) is 0. The van der Waals surface area contributed by atoms with Crippen LogP contribution in [0.3, 0.4) is 0 Å². The Kier molecular flexibility index (Phi) is 5.35. The summed E-state index contributed by atoms with van der Waals surface area (Å²) in [7, 11) is 1.80. The Balaban J connectivity index is 3.78. The second-order valence-corrected chi connectivity index (χ2v) is 3.05. The zero-order valence-corrected chi connectivity index (χ0v) is 8.00. The van der Waals surface area contributed by atoms with E-state index in [9.17, 15) is 0 Å². The van der Waals surface area contributed by atoms with Gasteiger partial charge in [0.1, 0.15) is 4.05 Å². The fourth-order valence-corrected chi connectivity index (χ4v) is 1.22. The third kappa shape index (κ3) is 3.03. The number of nitrogens with zero attached hydrogens (tertiary/aromatic N) is 2. The Morgan fingerprint density at radius 1 is 2.00 bits per heavy atom. The standard InChI is InChI=1S/C6H10IN3/c1-3-10(9-2)6(7)4-5-8/h3,6,9H,1,4H2,2H3. The molecule has 0 bridgehead atoms. The van der Waals surface area contributed by atoms with Crippen molar-refractivity contribution in [3.63, 3.8) is 0 Å². The van der Waals surface area contributed by atoms with Gasteiger partial charge in [0, 0.05) is 13.2 Å². The highest BCUT2D eigenvalue weighted by Gasteiger charge is 2.07. The van der Waals surface area contributed by atoms with E-state index in [0.717, 1.165) is 0 Å². The third-order valence-electron chi connectivity index (χ3n) is 1.02. The molecule has 0 radical (unpaired) electrons. The van der Waals surface area contributed by atoms with Crippen molar-refractivity contribution in [2.24, 2.45) is 0 Å². The first-order valence-corrected chi connectivity index (χ1v) is 4.10. The van der Waals surface area contributed by atoms with Crippen LogP contribution in [0.15, 0.2) is 12.8 Å². The Morgan fingerprint density at radius 2 is 2.60 bits per heavy atom. The fourth-order valence-electron chi connectivity index (χ4n) is 0.519. The van der Waals surface area contributed by atoms with E-state index >= 15 is 0 Å². The van der Waals surface area contributed by atoms with Crippen molar-refractivity contribution >= 4 is 22.6 Å². The lowest BCUT2D eigenvalue weighted by atomic mass is 10.5. The van der Waals surface area contributed by atoms with Crippen molar-refractivity contribution in [3.8, 4) is 6.07 Å². The van der Waals surface area contributed by atoms with Crippen LogP contribution in [0.1, 0.15) is 6.42 Å². The average molecular weight is 251 g/mol. The van der Waals surface area contributed by atoms with E-state index in [0.29, 0.717) is 6.42 Å². The molecule has 0 aromatic heterocycles. The molecule has 10 heavy (non-hydrogen) atoms. The van der Waals surface area contributed by atoms with Crippen LogP contribution >= 0.6 is 22.6 Å². The van der Waals surface area contributed by atoms with Gasteiger partial charge in [-0.2, -0.15) is 5.26 Å². The summed E-state index contributed by atoms with van der Waals surface area (Å²) in [5.41, 5.74) is 2.89. The van der Waals surface area contributed by atoms with Crippen LogP contribution < -0.4 is 5.43 Å². The summed E-state index contributed by atoms with van der Waals surface area (Å²) in [6.45, 7) is 3.58. The minimum absolute atomic E-state index is 0.157. The molecule has 0 saturated heterocycles. The predicted molar refractivity (Wildman–Crippen MR) is 49.1 cm³/mol. The minimum Gasteiger partial charge on any atom is -0.303 e. The van der Waals surface area contributed by atoms with Crippen LogP contribution in [0.2, 0.25) is 0 Å². The van der Waals surface area contributed by atoms with Crippen molar-refractivity contribution in [2.45, 2.75) is 10.5 Å². The second kappa shape index (κ2) is 5.50. The maximum Gasteiger partial charge on any atom is 0.109 e. The number of halogens is 1. The zero-order valence-electron chi connectivity index (χ0n) is 5.84. The Labute approximate surface area is 74.8 Å². The molecule has 0 aromatic carbocycles. The number of rotatable bonds is 4. The SMILES string of the molecule is C=CN(NC)C(I)CC#N. The van der Waals surface area contributed by atoms with E-state index in [1.54, 1.807) is 18.3 Å². The summed E-state index contributed by atoms with van der Waals surface area (Å²) >= 11 is 2.17. The van der Waals surface area contributed by atoms with Gasteiger partial charge in [0.2, 0.25) is 0 Å². The van der Waals surface area contributed by atoms with Crippen molar-refractivity contribution in [3.05, 3.63) is 12.8 Å². The largest absolute Gasteiger partial charge is 0.303 e. The molecule has 0 rings (SSSR count). The molecule has 4 heteroatoms. The molecule has 0 aliphatic rings. The van der Waals surface area contributed by atoms with Crippen LogP contribution in [0.25, 0.3) is 0 Å². The molecule has 0 saturated carbocycles. The topological polar surface area (TPSA) is 39.1 Å². The summed E-state index contributed by atoms with van der Waals surface area (Å²) < 4.78 is 0.157. The van der Waals surface area contributed by atoms with Crippen LogP contribution in [0.5, 0.6) is 0 Å². The normalized spacial score (nSPS) is 11.7. The highest BCUT2D eigenvalue weighted by molar-refractivity contribution is 14.1. The third-order valence-corrected chi connectivity index (χ3v) is 2.06. The van der Waals surface area contributed by atoms with E-state index < -0.39 is 0 Å². The maximum absolute atomic E-state index is 8.33. The van der Waals surface area contributed by atoms with Gasteiger partial charge in [-0.1, -0.05) is 29.2 Å². The monoisotopic (exact) mass is 251 g/mol. The molecule has 1 N–H and O–H groups in total. The Bertz CT molecular complexity index is 140. The number of nitrogens with one attached hydrogen (secondary N) is 1. The second-order valence-electron chi connectivity index (χ2n) is 1.61. The smallest absolute Gasteiger partial charge is 0.109 e. The Morgan fingerprint density at radius 3 is 2.90 bits per heavy atom. The predicted octanol–water partition coefficient (Wildman–Crippen LogP) is 1.24. The van der Waals surface area contributed by atoms with Crippen molar-refractivity contribution < 1.29 is 0 Å². The van der Waals surface area contributed by atoms with Crippen LogP contribution in [0, 0.1) is 11.3 Å². The first kappa shape index (κ1) is 9.72. The van der Waals surface area contributed by atoms with Gasteiger partial charge in [0.05, 0.1) is 12.5 Å². The molecule has 0 aliphatic heterocycles. The maximum atomic E-state index is 8.33. The number of alkyl halides is 1. The molecular weight excluding hydrogens is 241 g/mol. The molecule has 0 aliphatic carbocycles. The summed E-state index contributed by atoms with van der Waals surface area (Å²) in [6, 6.07) is 2.08. The lowest BCUT2D eigenvalue weighted by Gasteiger charge is -2.22. The van der Waals surface area contributed by atoms with E-state index in [4.69, 9.17) is 5.26 Å². The molecule has 0 spiro atoms. The molecular formula is C6H10IN3. The molecule has 0 aromatic rings.